The van der Waals surface area contributed by atoms with Crippen LogP contribution in [0.2, 0.25) is 0 Å². The molecule has 1 N–H and O–H groups in total. The zero-order valence-corrected chi connectivity index (χ0v) is 17.1. The molecule has 2 aliphatic heterocycles. The van der Waals surface area contributed by atoms with Gasteiger partial charge in [-0.3, -0.25) is 9.88 Å². The zero-order valence-electron chi connectivity index (χ0n) is 17.1. The second-order valence-corrected chi connectivity index (χ2v) is 8.20. The molecule has 2 aromatic heterocycles. The van der Waals surface area contributed by atoms with Crippen LogP contribution in [-0.4, -0.2) is 47.6 Å². The molecular formula is C23H24F3N5. The summed E-state index contributed by atoms with van der Waals surface area (Å²) in [7, 11) is 0. The monoisotopic (exact) mass is 427 g/mol. The maximum absolute atomic E-state index is 13.0. The number of nitrogens with zero attached hydrogens (tertiary/aromatic N) is 4. The first-order chi connectivity index (χ1) is 15.0. The first-order valence-corrected chi connectivity index (χ1v) is 10.6. The van der Waals surface area contributed by atoms with Crippen LogP contribution in [0.15, 0.2) is 42.7 Å². The number of anilines is 2. The fourth-order valence-electron chi connectivity index (χ4n) is 4.43. The van der Waals surface area contributed by atoms with E-state index in [0.717, 1.165) is 56.7 Å². The quantitative estimate of drug-likeness (QED) is 0.674. The Kier molecular flexibility index (Phi) is 5.17. The highest BCUT2D eigenvalue weighted by molar-refractivity contribution is 5.93. The van der Waals surface area contributed by atoms with Gasteiger partial charge in [-0.1, -0.05) is 12.1 Å². The van der Waals surface area contributed by atoms with Gasteiger partial charge in [0.1, 0.15) is 5.82 Å². The number of aryl methyl sites for hydroxylation is 1. The molecule has 0 unspecified atom stereocenters. The molecule has 0 atom stereocenters. The summed E-state index contributed by atoms with van der Waals surface area (Å²) in [6.07, 6.45) is 1.07. The van der Waals surface area contributed by atoms with Gasteiger partial charge in [-0.15, -0.1) is 0 Å². The molecule has 4 heterocycles. The predicted molar refractivity (Wildman–Crippen MR) is 115 cm³/mol. The normalized spacial score (nSPS) is 17.5. The number of hydrogen-bond acceptors (Lipinski definition) is 5. The third-order valence-electron chi connectivity index (χ3n) is 6.11. The third kappa shape index (κ3) is 4.17. The highest BCUT2D eigenvalue weighted by Gasteiger charge is 2.31. The summed E-state index contributed by atoms with van der Waals surface area (Å²) in [6, 6.07) is 8.60. The molecule has 0 radical (unpaired) electrons. The molecule has 0 amide bonds. The molecule has 2 aliphatic rings. The summed E-state index contributed by atoms with van der Waals surface area (Å²) in [5, 5.41) is 4.68. The minimum Gasteiger partial charge on any atom is -0.384 e. The van der Waals surface area contributed by atoms with Crippen molar-refractivity contribution in [2.75, 3.05) is 42.9 Å². The van der Waals surface area contributed by atoms with Crippen LogP contribution in [0.25, 0.3) is 10.9 Å². The molecule has 8 heteroatoms. The lowest BCUT2D eigenvalue weighted by atomic mass is 10.0. The Hall–Kier alpha value is -2.87. The van der Waals surface area contributed by atoms with Gasteiger partial charge in [-0.2, -0.15) is 13.2 Å². The lowest BCUT2D eigenvalue weighted by Crippen LogP contribution is -2.46. The van der Waals surface area contributed by atoms with Gasteiger partial charge in [0.15, 0.2) is 0 Å². The summed E-state index contributed by atoms with van der Waals surface area (Å²) < 4.78 is 38.9. The van der Waals surface area contributed by atoms with Gasteiger partial charge >= 0.3 is 6.18 Å². The smallest absolute Gasteiger partial charge is 0.384 e. The third-order valence-corrected chi connectivity index (χ3v) is 6.11. The van der Waals surface area contributed by atoms with Crippen molar-refractivity contribution < 1.29 is 13.2 Å². The summed E-state index contributed by atoms with van der Waals surface area (Å²) in [6.45, 7) is 4.64. The first kappa shape index (κ1) is 20.1. The standard InChI is InChI=1S/C23H24F3N5/c24-23(25,26)18-5-7-27-21(13-18)31-10-8-30(9-11-31)15-16-3-4-19-20(12-16)29-14-17-2-1-6-28-22(17)19/h3-5,7,12-14,28H,1-2,6,8-11,15H2. The van der Waals surface area contributed by atoms with Crippen molar-refractivity contribution >= 4 is 22.4 Å². The number of hydrogen-bond donors (Lipinski definition) is 1. The average molecular weight is 427 g/mol. The number of rotatable bonds is 3. The second-order valence-electron chi connectivity index (χ2n) is 8.20. The Balaban J connectivity index is 1.25. The van der Waals surface area contributed by atoms with E-state index in [4.69, 9.17) is 0 Å². The van der Waals surface area contributed by atoms with Crippen molar-refractivity contribution in [1.29, 1.82) is 0 Å². The van der Waals surface area contributed by atoms with Gasteiger partial charge in [0.25, 0.3) is 0 Å². The Bertz CT molecular complexity index is 1090. The van der Waals surface area contributed by atoms with Gasteiger partial charge in [0, 0.05) is 62.7 Å². The SMILES string of the molecule is FC(F)(F)c1ccnc(N2CCN(Cc3ccc4c5c(cnc4c3)CCCN5)CC2)c1. The maximum atomic E-state index is 13.0. The van der Waals surface area contributed by atoms with Gasteiger partial charge in [0.05, 0.1) is 11.1 Å². The molecule has 5 nitrogen and oxygen atoms in total. The summed E-state index contributed by atoms with van der Waals surface area (Å²) in [5.74, 6) is 0.390. The molecule has 0 spiro atoms. The van der Waals surface area contributed by atoms with E-state index in [1.165, 1.54) is 28.4 Å². The molecular weight excluding hydrogens is 403 g/mol. The molecule has 31 heavy (non-hydrogen) atoms. The van der Waals surface area contributed by atoms with Crippen molar-refractivity contribution in [1.82, 2.24) is 14.9 Å². The van der Waals surface area contributed by atoms with Gasteiger partial charge in [-0.25, -0.2) is 4.98 Å². The van der Waals surface area contributed by atoms with E-state index < -0.39 is 11.7 Å². The molecule has 3 aromatic rings. The van der Waals surface area contributed by atoms with E-state index >= 15 is 0 Å². The van der Waals surface area contributed by atoms with Crippen LogP contribution in [0, 0.1) is 0 Å². The van der Waals surface area contributed by atoms with Crippen LogP contribution < -0.4 is 10.2 Å². The van der Waals surface area contributed by atoms with Gasteiger partial charge in [-0.05, 0) is 42.2 Å². The number of benzene rings is 1. The summed E-state index contributed by atoms with van der Waals surface area (Å²) in [5.41, 5.74) is 4.04. The van der Waals surface area contributed by atoms with Crippen molar-refractivity contribution in [2.45, 2.75) is 25.6 Å². The minimum absolute atomic E-state index is 0.390. The van der Waals surface area contributed by atoms with E-state index in [-0.39, 0.29) is 0 Å². The molecule has 1 fully saturated rings. The number of piperazine rings is 1. The first-order valence-electron chi connectivity index (χ1n) is 10.6. The van der Waals surface area contributed by atoms with Gasteiger partial charge in [0.2, 0.25) is 0 Å². The molecule has 0 saturated carbocycles. The van der Waals surface area contributed by atoms with Gasteiger partial charge < -0.3 is 10.2 Å². The van der Waals surface area contributed by atoms with Crippen molar-refractivity contribution in [3.05, 3.63) is 59.4 Å². The van der Waals surface area contributed by atoms with E-state index in [1.807, 2.05) is 11.1 Å². The lowest BCUT2D eigenvalue weighted by Gasteiger charge is -2.35. The Morgan fingerprint density at radius 1 is 1.00 bits per heavy atom. The molecule has 0 aliphatic carbocycles. The zero-order chi connectivity index (χ0) is 21.4. The number of pyridine rings is 2. The van der Waals surface area contributed by atoms with Crippen LogP contribution >= 0.6 is 0 Å². The van der Waals surface area contributed by atoms with Crippen molar-refractivity contribution in [2.24, 2.45) is 0 Å². The van der Waals surface area contributed by atoms with Crippen LogP contribution in [-0.2, 0) is 19.1 Å². The second kappa shape index (κ2) is 8.00. The topological polar surface area (TPSA) is 44.3 Å². The van der Waals surface area contributed by atoms with Crippen LogP contribution in [0.1, 0.15) is 23.1 Å². The van der Waals surface area contributed by atoms with Crippen molar-refractivity contribution in [3.8, 4) is 0 Å². The molecule has 5 rings (SSSR count). The highest BCUT2D eigenvalue weighted by atomic mass is 19.4. The fraction of sp³-hybridized carbons (Fsp3) is 0.391. The summed E-state index contributed by atoms with van der Waals surface area (Å²) in [4.78, 5) is 13.1. The number of fused-ring (bicyclic) bond motifs is 3. The lowest BCUT2D eigenvalue weighted by molar-refractivity contribution is -0.137. The molecule has 1 saturated heterocycles. The van der Waals surface area contributed by atoms with E-state index in [1.54, 1.807) is 0 Å². The Labute approximate surface area is 178 Å². The molecule has 1 aromatic carbocycles. The van der Waals surface area contributed by atoms with E-state index in [9.17, 15) is 13.2 Å². The van der Waals surface area contributed by atoms with Crippen LogP contribution in [0.3, 0.4) is 0 Å². The molecule has 0 bridgehead atoms. The molecule has 162 valence electrons. The highest BCUT2D eigenvalue weighted by Crippen LogP contribution is 2.32. The van der Waals surface area contributed by atoms with Crippen molar-refractivity contribution in [3.63, 3.8) is 0 Å². The maximum Gasteiger partial charge on any atom is 0.416 e. The predicted octanol–water partition coefficient (Wildman–Crippen LogP) is 4.33. The fourth-order valence-corrected chi connectivity index (χ4v) is 4.43. The number of aromatic nitrogens is 2. The Morgan fingerprint density at radius 3 is 2.65 bits per heavy atom. The number of halogens is 3. The average Bonchev–Trinajstić information content (AvgIpc) is 2.79. The van der Waals surface area contributed by atoms with E-state index in [0.29, 0.717) is 18.9 Å². The largest absolute Gasteiger partial charge is 0.416 e. The summed E-state index contributed by atoms with van der Waals surface area (Å²) >= 11 is 0. The van der Waals surface area contributed by atoms with Crippen LogP contribution in [0.5, 0.6) is 0 Å². The number of alkyl halides is 3. The number of nitrogens with one attached hydrogen (secondary N) is 1. The van der Waals surface area contributed by atoms with Crippen LogP contribution in [0.4, 0.5) is 24.7 Å². The minimum atomic E-state index is -4.35. The van der Waals surface area contributed by atoms with E-state index in [2.05, 4.69) is 38.4 Å². The Morgan fingerprint density at radius 2 is 1.84 bits per heavy atom.